The minimum Gasteiger partial charge on any atom is -0.338 e. The van der Waals surface area contributed by atoms with Gasteiger partial charge in [-0.3, -0.25) is 9.59 Å². The second kappa shape index (κ2) is 8.64. The van der Waals surface area contributed by atoms with Crippen LogP contribution in [0.4, 0.5) is 5.69 Å². The average molecular weight is 389 g/mol. The van der Waals surface area contributed by atoms with Crippen molar-refractivity contribution in [3.8, 4) is 0 Å². The van der Waals surface area contributed by atoms with Crippen molar-refractivity contribution in [2.75, 3.05) is 11.9 Å². The van der Waals surface area contributed by atoms with Gasteiger partial charge in [0.2, 0.25) is 11.8 Å². The van der Waals surface area contributed by atoms with Gasteiger partial charge >= 0.3 is 0 Å². The highest BCUT2D eigenvalue weighted by atomic mass is 79.9. The lowest BCUT2D eigenvalue weighted by atomic mass is 10.1. The molecule has 2 amide bonds. The maximum Gasteiger partial charge on any atom is 0.226 e. The number of carbonyl (C=O) groups is 2. The van der Waals surface area contributed by atoms with Crippen LogP contribution < -0.4 is 5.32 Å². The predicted octanol–water partition coefficient (Wildman–Crippen LogP) is 4.13. The van der Waals surface area contributed by atoms with Crippen molar-refractivity contribution in [2.24, 2.45) is 0 Å². The van der Waals surface area contributed by atoms with Gasteiger partial charge in [-0.15, -0.1) is 0 Å². The number of nitrogens with zero attached hydrogens (tertiary/aromatic N) is 1. The minimum absolute atomic E-state index is 0.0377. The minimum atomic E-state index is -0.114. The summed E-state index contributed by atoms with van der Waals surface area (Å²) in [4.78, 5) is 25.6. The van der Waals surface area contributed by atoms with Crippen LogP contribution in [-0.2, 0) is 16.1 Å². The van der Waals surface area contributed by atoms with Crippen molar-refractivity contribution >= 4 is 33.4 Å². The number of hydrogen-bond acceptors (Lipinski definition) is 2. The molecule has 0 aliphatic rings. The Balaban J connectivity index is 1.91. The number of halogens is 1. The first-order valence-corrected chi connectivity index (χ1v) is 8.60. The first-order chi connectivity index (χ1) is 11.5. The third kappa shape index (κ3) is 5.49. The summed E-state index contributed by atoms with van der Waals surface area (Å²) in [5.41, 5.74) is 2.97. The lowest BCUT2D eigenvalue weighted by Crippen LogP contribution is -2.31. The number of carbonyl (C=O) groups excluding carboxylic acids is 2. The molecule has 5 heteroatoms. The first kappa shape index (κ1) is 18.2. The van der Waals surface area contributed by atoms with Crippen LogP contribution in [0.3, 0.4) is 0 Å². The molecule has 2 rings (SSSR count). The van der Waals surface area contributed by atoms with E-state index in [2.05, 4.69) is 21.2 Å². The smallest absolute Gasteiger partial charge is 0.226 e. The molecule has 0 radical (unpaired) electrons. The van der Waals surface area contributed by atoms with Crippen LogP contribution in [0.15, 0.2) is 53.0 Å². The largest absolute Gasteiger partial charge is 0.338 e. The van der Waals surface area contributed by atoms with Crippen LogP contribution in [0.2, 0.25) is 0 Å². The SMILES string of the molecule is CC(=O)N(CCC(=O)Nc1ccccc1Br)Cc1ccc(C)cc1. The van der Waals surface area contributed by atoms with E-state index in [1.165, 1.54) is 12.5 Å². The van der Waals surface area contributed by atoms with E-state index < -0.39 is 0 Å². The number of rotatable bonds is 6. The number of benzene rings is 2. The summed E-state index contributed by atoms with van der Waals surface area (Å²) in [5, 5.41) is 2.85. The van der Waals surface area contributed by atoms with Crippen molar-refractivity contribution < 1.29 is 9.59 Å². The second-order valence-electron chi connectivity index (χ2n) is 5.70. The summed E-state index contributed by atoms with van der Waals surface area (Å²) >= 11 is 3.40. The molecule has 0 atom stereocenters. The van der Waals surface area contributed by atoms with E-state index in [4.69, 9.17) is 0 Å². The lowest BCUT2D eigenvalue weighted by molar-refractivity contribution is -0.129. The van der Waals surface area contributed by atoms with Gasteiger partial charge < -0.3 is 10.2 Å². The van der Waals surface area contributed by atoms with Crippen LogP contribution in [0.1, 0.15) is 24.5 Å². The fourth-order valence-corrected chi connectivity index (χ4v) is 2.66. The topological polar surface area (TPSA) is 49.4 Å². The third-order valence-corrected chi connectivity index (χ3v) is 4.39. The quantitative estimate of drug-likeness (QED) is 0.808. The molecule has 0 unspecified atom stereocenters. The maximum absolute atomic E-state index is 12.1. The van der Waals surface area contributed by atoms with Gasteiger partial charge in [-0.1, -0.05) is 42.0 Å². The number of hydrogen-bond donors (Lipinski definition) is 1. The first-order valence-electron chi connectivity index (χ1n) is 7.81. The number of aryl methyl sites for hydroxylation is 1. The molecule has 0 aliphatic carbocycles. The van der Waals surface area contributed by atoms with E-state index in [1.807, 2.05) is 55.5 Å². The fraction of sp³-hybridized carbons (Fsp3) is 0.263. The molecule has 0 bridgehead atoms. The summed E-state index contributed by atoms with van der Waals surface area (Å²) < 4.78 is 0.835. The molecule has 0 spiro atoms. The molecular formula is C19H21BrN2O2. The molecule has 0 aromatic heterocycles. The predicted molar refractivity (Wildman–Crippen MR) is 99.7 cm³/mol. The molecular weight excluding hydrogens is 368 g/mol. The molecule has 0 aliphatic heterocycles. The standard InChI is InChI=1S/C19H21BrN2O2/c1-14-7-9-16(10-8-14)13-22(15(2)23)12-11-19(24)21-18-6-4-3-5-17(18)20/h3-10H,11-13H2,1-2H3,(H,21,24). The van der Waals surface area contributed by atoms with Crippen molar-refractivity contribution in [2.45, 2.75) is 26.8 Å². The van der Waals surface area contributed by atoms with Gasteiger partial charge in [-0.05, 0) is 40.5 Å². The van der Waals surface area contributed by atoms with Crippen LogP contribution in [-0.4, -0.2) is 23.3 Å². The van der Waals surface area contributed by atoms with Crippen molar-refractivity contribution in [1.82, 2.24) is 4.90 Å². The fourth-order valence-electron chi connectivity index (χ4n) is 2.27. The Morgan fingerprint density at radius 1 is 1.08 bits per heavy atom. The molecule has 0 heterocycles. The van der Waals surface area contributed by atoms with Gasteiger partial charge in [0.15, 0.2) is 0 Å². The molecule has 0 saturated heterocycles. The number of anilines is 1. The highest BCUT2D eigenvalue weighted by molar-refractivity contribution is 9.10. The summed E-state index contributed by atoms with van der Waals surface area (Å²) in [6.07, 6.45) is 0.257. The van der Waals surface area contributed by atoms with Crippen molar-refractivity contribution in [1.29, 1.82) is 0 Å². The Hall–Kier alpha value is -2.14. The second-order valence-corrected chi connectivity index (χ2v) is 6.56. The Kier molecular flexibility index (Phi) is 6.55. The van der Waals surface area contributed by atoms with Crippen LogP contribution in [0.5, 0.6) is 0 Å². The molecule has 126 valence electrons. The van der Waals surface area contributed by atoms with Gasteiger partial charge in [-0.2, -0.15) is 0 Å². The van der Waals surface area contributed by atoms with Gasteiger partial charge in [0.1, 0.15) is 0 Å². The van der Waals surface area contributed by atoms with Gasteiger partial charge in [0, 0.05) is 30.9 Å². The zero-order chi connectivity index (χ0) is 17.5. The highest BCUT2D eigenvalue weighted by Crippen LogP contribution is 2.21. The zero-order valence-electron chi connectivity index (χ0n) is 13.9. The van der Waals surface area contributed by atoms with Crippen molar-refractivity contribution in [3.63, 3.8) is 0 Å². The molecule has 0 fully saturated rings. The molecule has 24 heavy (non-hydrogen) atoms. The van der Waals surface area contributed by atoms with Crippen molar-refractivity contribution in [3.05, 3.63) is 64.1 Å². The van der Waals surface area contributed by atoms with E-state index in [9.17, 15) is 9.59 Å². The Labute approximate surface area is 151 Å². The number of amides is 2. The normalized spacial score (nSPS) is 10.3. The van der Waals surface area contributed by atoms with E-state index in [0.29, 0.717) is 13.1 Å². The molecule has 2 aromatic carbocycles. The number of nitrogens with one attached hydrogen (secondary N) is 1. The summed E-state index contributed by atoms with van der Waals surface area (Å²) in [6.45, 7) is 4.45. The maximum atomic E-state index is 12.1. The molecule has 2 aromatic rings. The van der Waals surface area contributed by atoms with Crippen LogP contribution >= 0.6 is 15.9 Å². The van der Waals surface area contributed by atoms with E-state index in [-0.39, 0.29) is 18.2 Å². The Morgan fingerprint density at radius 3 is 2.38 bits per heavy atom. The van der Waals surface area contributed by atoms with Crippen LogP contribution in [0.25, 0.3) is 0 Å². The third-order valence-electron chi connectivity index (χ3n) is 3.70. The van der Waals surface area contributed by atoms with E-state index in [1.54, 1.807) is 4.90 Å². The highest BCUT2D eigenvalue weighted by Gasteiger charge is 2.12. The van der Waals surface area contributed by atoms with E-state index >= 15 is 0 Å². The molecule has 4 nitrogen and oxygen atoms in total. The average Bonchev–Trinajstić information content (AvgIpc) is 2.55. The zero-order valence-corrected chi connectivity index (χ0v) is 15.5. The summed E-state index contributed by atoms with van der Waals surface area (Å²) in [5.74, 6) is -0.152. The monoisotopic (exact) mass is 388 g/mol. The Morgan fingerprint density at radius 2 is 1.75 bits per heavy atom. The van der Waals surface area contributed by atoms with Crippen LogP contribution in [0, 0.1) is 6.92 Å². The van der Waals surface area contributed by atoms with Gasteiger partial charge in [0.05, 0.1) is 5.69 Å². The summed E-state index contributed by atoms with van der Waals surface area (Å²) in [6, 6.07) is 15.5. The molecule has 0 saturated carbocycles. The number of para-hydroxylation sites is 1. The van der Waals surface area contributed by atoms with Gasteiger partial charge in [-0.25, -0.2) is 0 Å². The lowest BCUT2D eigenvalue weighted by Gasteiger charge is -2.21. The Bertz CT molecular complexity index is 714. The van der Waals surface area contributed by atoms with E-state index in [0.717, 1.165) is 15.7 Å². The summed E-state index contributed by atoms with van der Waals surface area (Å²) in [7, 11) is 0. The molecule has 1 N–H and O–H groups in total. The van der Waals surface area contributed by atoms with Gasteiger partial charge in [0.25, 0.3) is 0 Å².